The Balaban J connectivity index is 1.51. The van der Waals surface area contributed by atoms with Crippen LogP contribution in [-0.2, 0) is 0 Å². The van der Waals surface area contributed by atoms with Crippen molar-refractivity contribution in [1.82, 2.24) is 24.7 Å². The Morgan fingerprint density at radius 1 is 1.15 bits per heavy atom. The molecule has 33 heavy (non-hydrogen) atoms. The van der Waals surface area contributed by atoms with Gasteiger partial charge in [0.25, 0.3) is 5.91 Å². The smallest absolute Gasteiger partial charge is 0.257 e. The van der Waals surface area contributed by atoms with Gasteiger partial charge in [-0.1, -0.05) is 0 Å². The lowest BCUT2D eigenvalue weighted by atomic mass is 10.1. The molecule has 2 atom stereocenters. The standard InChI is InChI=1S/C24H24N8O/c1-14-10-31(11-15(2)28-14)20-5-4-19(21-22(20)27-7-6-26-21)24(33)30-18-8-17(9-25)23-29-16(3)12-32(23)13-18/h4-8,12-15,28H,10-11H2,1-3H3,(H,30,33). The molecule has 2 N–H and O–H groups in total. The number of piperazine rings is 1. The largest absolute Gasteiger partial charge is 0.367 e. The molecule has 1 fully saturated rings. The van der Waals surface area contributed by atoms with E-state index in [1.54, 1.807) is 35.1 Å². The molecule has 9 heteroatoms. The summed E-state index contributed by atoms with van der Waals surface area (Å²) in [5.74, 6) is -0.311. The molecule has 3 aromatic heterocycles. The summed E-state index contributed by atoms with van der Waals surface area (Å²) >= 11 is 0. The highest BCUT2D eigenvalue weighted by Crippen LogP contribution is 2.29. The van der Waals surface area contributed by atoms with Gasteiger partial charge in [-0.15, -0.1) is 0 Å². The molecule has 1 amide bonds. The zero-order chi connectivity index (χ0) is 23.1. The monoisotopic (exact) mass is 440 g/mol. The third kappa shape index (κ3) is 3.85. The lowest BCUT2D eigenvalue weighted by Gasteiger charge is -2.38. The highest BCUT2D eigenvalue weighted by Gasteiger charge is 2.24. The number of hydrogen-bond acceptors (Lipinski definition) is 7. The summed E-state index contributed by atoms with van der Waals surface area (Å²) in [5, 5.41) is 16.0. The Morgan fingerprint density at radius 3 is 2.61 bits per heavy atom. The first kappa shape index (κ1) is 20.8. The highest BCUT2D eigenvalue weighted by atomic mass is 16.1. The zero-order valence-corrected chi connectivity index (χ0v) is 18.7. The van der Waals surface area contributed by atoms with Crippen LogP contribution in [0.2, 0.25) is 0 Å². The number of carbonyl (C=O) groups excluding carboxylic acids is 1. The van der Waals surface area contributed by atoms with E-state index in [0.29, 0.717) is 45.6 Å². The molecule has 1 saturated heterocycles. The number of anilines is 2. The van der Waals surface area contributed by atoms with Gasteiger partial charge >= 0.3 is 0 Å². The van der Waals surface area contributed by atoms with E-state index in [1.807, 2.05) is 19.2 Å². The number of fused-ring (bicyclic) bond motifs is 2. The van der Waals surface area contributed by atoms with Crippen LogP contribution in [0.5, 0.6) is 0 Å². The van der Waals surface area contributed by atoms with Gasteiger partial charge in [0.1, 0.15) is 17.1 Å². The number of pyridine rings is 1. The topological polar surface area (TPSA) is 111 Å². The molecule has 4 aromatic rings. The van der Waals surface area contributed by atoms with Gasteiger partial charge in [-0.05, 0) is 39.0 Å². The molecule has 0 bridgehead atoms. The summed E-state index contributed by atoms with van der Waals surface area (Å²) < 4.78 is 1.75. The third-order valence-electron chi connectivity index (χ3n) is 5.80. The number of nitriles is 1. The Hall–Kier alpha value is -4.03. The molecular weight excluding hydrogens is 416 g/mol. The number of benzene rings is 1. The molecule has 0 radical (unpaired) electrons. The van der Waals surface area contributed by atoms with E-state index in [4.69, 9.17) is 0 Å². The lowest BCUT2D eigenvalue weighted by molar-refractivity contribution is 0.102. The first-order valence-electron chi connectivity index (χ1n) is 10.9. The maximum Gasteiger partial charge on any atom is 0.257 e. The predicted octanol–water partition coefficient (Wildman–Crippen LogP) is 2.90. The maximum absolute atomic E-state index is 13.3. The van der Waals surface area contributed by atoms with E-state index in [9.17, 15) is 10.1 Å². The van der Waals surface area contributed by atoms with Crippen molar-refractivity contribution in [2.75, 3.05) is 23.3 Å². The van der Waals surface area contributed by atoms with Crippen LogP contribution in [0.4, 0.5) is 11.4 Å². The number of hydrogen-bond donors (Lipinski definition) is 2. The Labute approximate surface area is 191 Å². The van der Waals surface area contributed by atoms with Crippen LogP contribution in [0.1, 0.15) is 35.5 Å². The minimum Gasteiger partial charge on any atom is -0.367 e. The van der Waals surface area contributed by atoms with Gasteiger partial charge in [-0.25, -0.2) is 4.98 Å². The molecule has 4 heterocycles. The molecule has 9 nitrogen and oxygen atoms in total. The summed E-state index contributed by atoms with van der Waals surface area (Å²) in [5.41, 5.74) is 4.90. The predicted molar refractivity (Wildman–Crippen MR) is 126 cm³/mol. The molecular formula is C24H24N8O. The number of amides is 1. The first-order valence-corrected chi connectivity index (χ1v) is 10.9. The van der Waals surface area contributed by atoms with Gasteiger partial charge in [0.2, 0.25) is 0 Å². The minimum atomic E-state index is -0.311. The van der Waals surface area contributed by atoms with Crippen molar-refractivity contribution in [2.24, 2.45) is 0 Å². The highest BCUT2D eigenvalue weighted by molar-refractivity contribution is 6.13. The molecule has 1 aliphatic heterocycles. The second-order valence-electron chi connectivity index (χ2n) is 8.58. The Morgan fingerprint density at radius 2 is 1.88 bits per heavy atom. The fourth-order valence-electron chi connectivity index (χ4n) is 4.57. The van der Waals surface area contributed by atoms with Crippen molar-refractivity contribution in [3.05, 3.63) is 59.8 Å². The van der Waals surface area contributed by atoms with Crippen molar-refractivity contribution < 1.29 is 4.79 Å². The van der Waals surface area contributed by atoms with Crippen molar-refractivity contribution in [3.8, 4) is 6.07 Å². The number of aryl methyl sites for hydroxylation is 1. The van der Waals surface area contributed by atoms with Gasteiger partial charge < -0.3 is 19.9 Å². The number of carbonyl (C=O) groups is 1. The van der Waals surface area contributed by atoms with E-state index in [-0.39, 0.29) is 5.91 Å². The van der Waals surface area contributed by atoms with E-state index in [2.05, 4.69) is 50.4 Å². The molecule has 1 aliphatic rings. The van der Waals surface area contributed by atoms with Crippen molar-refractivity contribution in [3.63, 3.8) is 0 Å². The van der Waals surface area contributed by atoms with E-state index in [0.717, 1.165) is 24.5 Å². The molecule has 2 unspecified atom stereocenters. The number of aromatic nitrogens is 4. The van der Waals surface area contributed by atoms with E-state index >= 15 is 0 Å². The van der Waals surface area contributed by atoms with Crippen LogP contribution in [0.25, 0.3) is 16.7 Å². The van der Waals surface area contributed by atoms with Crippen LogP contribution < -0.4 is 15.5 Å². The maximum atomic E-state index is 13.3. The summed E-state index contributed by atoms with van der Waals surface area (Å²) in [6.07, 6.45) is 6.81. The SMILES string of the molecule is Cc1cn2cc(NC(=O)c3ccc(N4CC(C)NC(C)C4)c4nccnc34)cc(C#N)c2n1. The first-order chi connectivity index (χ1) is 15.9. The minimum absolute atomic E-state index is 0.311. The summed E-state index contributed by atoms with van der Waals surface area (Å²) in [4.78, 5) is 29.0. The van der Waals surface area contributed by atoms with Gasteiger partial charge in [0.15, 0.2) is 5.65 Å². The molecule has 5 rings (SSSR count). The fourth-order valence-corrected chi connectivity index (χ4v) is 4.57. The van der Waals surface area contributed by atoms with Crippen LogP contribution in [0.15, 0.2) is 43.0 Å². The van der Waals surface area contributed by atoms with E-state index in [1.165, 1.54) is 0 Å². The van der Waals surface area contributed by atoms with Gasteiger partial charge in [0.05, 0.1) is 28.2 Å². The second kappa shape index (κ2) is 8.15. The molecule has 166 valence electrons. The normalized spacial score (nSPS) is 18.4. The summed E-state index contributed by atoms with van der Waals surface area (Å²) in [7, 11) is 0. The number of rotatable bonds is 3. The van der Waals surface area contributed by atoms with E-state index < -0.39 is 0 Å². The van der Waals surface area contributed by atoms with Gasteiger partial charge in [-0.3, -0.25) is 14.8 Å². The van der Waals surface area contributed by atoms with Crippen molar-refractivity contribution >= 4 is 34.0 Å². The number of nitrogens with zero attached hydrogens (tertiary/aromatic N) is 6. The molecule has 0 spiro atoms. The van der Waals surface area contributed by atoms with Gasteiger partial charge in [-0.2, -0.15) is 5.26 Å². The quantitative estimate of drug-likeness (QED) is 0.504. The average Bonchev–Trinajstić information content (AvgIpc) is 3.17. The zero-order valence-electron chi connectivity index (χ0n) is 18.7. The Bertz CT molecular complexity index is 1410. The molecule has 0 saturated carbocycles. The van der Waals surface area contributed by atoms with Gasteiger partial charge in [0, 0.05) is 50.0 Å². The van der Waals surface area contributed by atoms with Crippen LogP contribution >= 0.6 is 0 Å². The third-order valence-corrected chi connectivity index (χ3v) is 5.80. The average molecular weight is 441 g/mol. The van der Waals surface area contributed by atoms with Crippen molar-refractivity contribution in [2.45, 2.75) is 32.9 Å². The number of imidazole rings is 1. The van der Waals surface area contributed by atoms with Crippen molar-refractivity contribution in [1.29, 1.82) is 5.26 Å². The lowest BCUT2D eigenvalue weighted by Crippen LogP contribution is -2.54. The summed E-state index contributed by atoms with van der Waals surface area (Å²) in [6, 6.07) is 8.21. The Kier molecular flexibility index (Phi) is 5.15. The molecule has 1 aromatic carbocycles. The second-order valence-corrected chi connectivity index (χ2v) is 8.58. The van der Waals surface area contributed by atoms with Crippen LogP contribution in [0.3, 0.4) is 0 Å². The van der Waals surface area contributed by atoms with Crippen LogP contribution in [-0.4, -0.2) is 50.4 Å². The summed E-state index contributed by atoms with van der Waals surface area (Å²) in [6.45, 7) is 7.88. The fraction of sp³-hybridized carbons (Fsp3) is 0.292. The number of nitrogens with one attached hydrogen (secondary N) is 2. The van der Waals surface area contributed by atoms with Crippen LogP contribution in [0, 0.1) is 18.3 Å². The molecule has 0 aliphatic carbocycles.